The molecule has 2 atom stereocenters. The van der Waals surface area contributed by atoms with Gasteiger partial charge in [-0.25, -0.2) is 14.3 Å². The van der Waals surface area contributed by atoms with Gasteiger partial charge < -0.3 is 84.5 Å². The topological polar surface area (TPSA) is 316 Å². The number of ether oxygens (including phenoxy) is 10. The third-order valence-corrected chi connectivity index (χ3v) is 14.4. The van der Waals surface area contributed by atoms with Crippen LogP contribution in [0.1, 0.15) is 113 Å². The van der Waals surface area contributed by atoms with Gasteiger partial charge in [-0.2, -0.15) is 0 Å². The number of primary amides is 1. The lowest BCUT2D eigenvalue weighted by atomic mass is 9.93. The first-order valence-corrected chi connectivity index (χ1v) is 32.3. The Labute approximate surface area is 531 Å². The maximum Gasteiger partial charge on any atom is 0.407 e. The van der Waals surface area contributed by atoms with Crippen LogP contribution in [0.2, 0.25) is 0 Å². The average Bonchev–Trinajstić information content (AvgIpc) is 3.15. The Morgan fingerprint density at radius 1 is 0.625 bits per heavy atom. The van der Waals surface area contributed by atoms with Gasteiger partial charge in [0.05, 0.1) is 137 Å². The van der Waals surface area contributed by atoms with Gasteiger partial charge in [0.15, 0.2) is 6.61 Å². The number of anilines is 1. The van der Waals surface area contributed by atoms with E-state index < -0.39 is 48.5 Å². The van der Waals surface area contributed by atoms with Crippen LogP contribution in [0.4, 0.5) is 15.3 Å². The molecule has 6 amide bonds. The molecule has 1 aromatic carbocycles. The molecule has 0 spiro atoms. The Hall–Kier alpha value is -4.88. The second kappa shape index (κ2) is 47.1. The minimum atomic E-state index is -1.05. The van der Waals surface area contributed by atoms with E-state index in [1.165, 1.54) is 0 Å². The molecule has 28 heteroatoms. The molecule has 0 aliphatic rings. The van der Waals surface area contributed by atoms with E-state index in [1.807, 2.05) is 13.8 Å². The van der Waals surface area contributed by atoms with Crippen LogP contribution in [0.3, 0.4) is 0 Å². The minimum absolute atomic E-state index is 0.00585. The predicted octanol–water partition coefficient (Wildman–Crippen LogP) is 6.13. The summed E-state index contributed by atoms with van der Waals surface area (Å²) in [4.78, 5) is 70.1. The molecule has 2 aromatic rings. The fourth-order valence-electron chi connectivity index (χ4n) is 7.08. The van der Waals surface area contributed by atoms with E-state index in [4.69, 9.17) is 57.9 Å². The molecule has 1 heterocycles. The van der Waals surface area contributed by atoms with Crippen molar-refractivity contribution in [2.45, 2.75) is 143 Å². The summed E-state index contributed by atoms with van der Waals surface area (Å²) in [5.74, 6) is -0.354. The van der Waals surface area contributed by atoms with Crippen LogP contribution >= 0.6 is 23.5 Å². The van der Waals surface area contributed by atoms with Crippen molar-refractivity contribution in [3.05, 3.63) is 41.7 Å². The van der Waals surface area contributed by atoms with Gasteiger partial charge in [0.2, 0.25) is 11.8 Å². The Kier molecular flexibility index (Phi) is 42.4. The molecule has 0 aliphatic carbocycles. The number of hydrogen-bond acceptors (Lipinski definition) is 21. The van der Waals surface area contributed by atoms with Gasteiger partial charge in [-0.3, -0.25) is 14.4 Å². The van der Waals surface area contributed by atoms with Crippen molar-refractivity contribution >= 4 is 64.8 Å². The molecule has 26 nitrogen and oxygen atoms in total. The first-order chi connectivity index (χ1) is 41.9. The second-order valence-corrected chi connectivity index (χ2v) is 27.5. The van der Waals surface area contributed by atoms with Crippen molar-refractivity contribution in [2.75, 3.05) is 149 Å². The van der Waals surface area contributed by atoms with E-state index in [0.717, 1.165) is 18.7 Å². The molecule has 0 fully saturated rings. The lowest BCUT2D eigenvalue weighted by molar-refractivity contribution is -0.133. The summed E-state index contributed by atoms with van der Waals surface area (Å²) in [5.41, 5.74) is 7.91. The molecular weight excluding hydrogens is 1180 g/mol. The number of aromatic nitrogens is 3. The summed E-state index contributed by atoms with van der Waals surface area (Å²) in [6.07, 6.45) is 2.79. The summed E-state index contributed by atoms with van der Waals surface area (Å²) >= 11 is 3.46. The highest BCUT2D eigenvalue weighted by molar-refractivity contribution is 8.02. The number of carbonyl (C=O) groups excluding carboxylic acids is 5. The summed E-state index contributed by atoms with van der Waals surface area (Å²) in [7, 11) is 0. The number of nitrogens with one attached hydrogen (secondary N) is 5. The van der Waals surface area contributed by atoms with Crippen LogP contribution in [0.5, 0.6) is 0 Å². The Morgan fingerprint density at radius 2 is 1.11 bits per heavy atom. The summed E-state index contributed by atoms with van der Waals surface area (Å²) in [6.45, 7) is 32.2. The van der Waals surface area contributed by atoms with E-state index in [2.05, 4.69) is 104 Å². The third kappa shape index (κ3) is 46.2. The molecule has 88 heavy (non-hydrogen) atoms. The molecular formula is C60H106N10O16S2. The zero-order valence-corrected chi connectivity index (χ0v) is 56.0. The predicted molar refractivity (Wildman–Crippen MR) is 342 cm³/mol. The SMILES string of the molecule is CC(C)C[C@H](NC(=O)CON=C(CSC(C)(C)C)CSC(C)(C)C)C(=O)N[C@@H](CCCNC(N)=O)C(=O)Nc1ccc(COC(=O)NCc2cn(CCOCCOCCOCCOCCOCCOCCOCCOCCOCCC(C)(C)C)nn2)cc1. The second-order valence-electron chi connectivity index (χ2n) is 23.9. The number of thioether (sulfide) groups is 2. The van der Waals surface area contributed by atoms with E-state index in [0.29, 0.717) is 154 Å². The van der Waals surface area contributed by atoms with Crippen LogP contribution < -0.4 is 32.3 Å². The largest absolute Gasteiger partial charge is 0.445 e. The molecule has 2 rings (SSSR count). The monoisotopic (exact) mass is 1290 g/mol. The Bertz CT molecular complexity index is 2210. The van der Waals surface area contributed by atoms with Crippen LogP contribution in [0.25, 0.3) is 0 Å². The zero-order valence-electron chi connectivity index (χ0n) is 54.3. The number of alkyl carbamates (subject to hydrolysis) is 1. The smallest absolute Gasteiger partial charge is 0.407 e. The van der Waals surface area contributed by atoms with E-state index in [-0.39, 0.29) is 53.4 Å². The number of rotatable bonds is 51. The van der Waals surface area contributed by atoms with E-state index in [1.54, 1.807) is 58.7 Å². The number of nitrogens with two attached hydrogens (primary N) is 1. The highest BCUT2D eigenvalue weighted by atomic mass is 32.2. The molecule has 1 aromatic heterocycles. The fraction of sp³-hybridized carbons (Fsp3) is 0.767. The third-order valence-electron chi connectivity index (χ3n) is 11.7. The highest BCUT2D eigenvalue weighted by Gasteiger charge is 2.28. The summed E-state index contributed by atoms with van der Waals surface area (Å²) in [6, 6.07) is 3.88. The number of amides is 6. The van der Waals surface area contributed by atoms with Crippen LogP contribution in [0.15, 0.2) is 35.6 Å². The Balaban J connectivity index is 1.61. The Morgan fingerprint density at radius 3 is 1.58 bits per heavy atom. The number of urea groups is 1. The molecule has 0 unspecified atom stereocenters. The highest BCUT2D eigenvalue weighted by Crippen LogP contribution is 2.27. The van der Waals surface area contributed by atoms with Crippen molar-refractivity contribution in [2.24, 2.45) is 22.2 Å². The summed E-state index contributed by atoms with van der Waals surface area (Å²) < 4.78 is 56.9. The number of benzene rings is 1. The molecule has 0 radical (unpaired) electrons. The van der Waals surface area contributed by atoms with Gasteiger partial charge in [-0.05, 0) is 54.7 Å². The van der Waals surface area contributed by atoms with Gasteiger partial charge in [-0.15, -0.1) is 28.6 Å². The zero-order chi connectivity index (χ0) is 64.9. The van der Waals surface area contributed by atoms with Crippen molar-refractivity contribution in [1.29, 1.82) is 0 Å². The number of oxime groups is 1. The van der Waals surface area contributed by atoms with Crippen molar-refractivity contribution in [3.8, 4) is 0 Å². The first kappa shape index (κ1) is 79.2. The number of carbonyl (C=O) groups is 5. The fourth-order valence-corrected chi connectivity index (χ4v) is 8.71. The molecule has 0 bridgehead atoms. The van der Waals surface area contributed by atoms with Gasteiger partial charge >= 0.3 is 12.1 Å². The van der Waals surface area contributed by atoms with Gasteiger partial charge in [0.1, 0.15) is 24.4 Å². The average molecular weight is 1290 g/mol. The van der Waals surface area contributed by atoms with Crippen molar-refractivity contribution in [3.63, 3.8) is 0 Å². The molecule has 7 N–H and O–H groups in total. The molecule has 504 valence electrons. The first-order valence-electron chi connectivity index (χ1n) is 30.3. The standard InChI is InChI=1S/C60H106N10O16S2/c1-46(2)39-52(65-53(71)43-86-68-50(44-87-59(6,7)8)45-88-60(9,10)11)55(73)66-51(13-12-19-62-56(61)74)54(72)64-48-16-14-47(15-17-48)42-85-57(75)63-40-49-41-70(69-67-49)20-22-77-24-26-79-28-30-81-32-34-83-36-38-84-37-35-82-33-31-80-29-27-78-25-23-76-21-18-58(3,4)5/h14-17,41,46,51-52H,12-13,18-40,42-45H2,1-11H3,(H,63,75)(H,64,72)(H,65,71)(H,66,73)(H3,61,62,74)/t51-,52-/m0/s1. The van der Waals surface area contributed by atoms with Crippen molar-refractivity contribution in [1.82, 2.24) is 36.3 Å². The lowest BCUT2D eigenvalue weighted by Crippen LogP contribution is -2.53. The van der Waals surface area contributed by atoms with E-state index >= 15 is 0 Å². The lowest BCUT2D eigenvalue weighted by Gasteiger charge is -2.24. The van der Waals surface area contributed by atoms with Crippen LogP contribution in [-0.4, -0.2) is 216 Å². The summed E-state index contributed by atoms with van der Waals surface area (Å²) in [5, 5.41) is 26.0. The maximum absolute atomic E-state index is 13.8. The molecule has 0 saturated carbocycles. The normalized spacial score (nSPS) is 12.5. The van der Waals surface area contributed by atoms with Crippen molar-refractivity contribution < 1.29 is 76.2 Å². The number of nitrogens with zero attached hydrogens (tertiary/aromatic N) is 4. The molecule has 0 saturated heterocycles. The van der Waals surface area contributed by atoms with E-state index in [9.17, 15) is 24.0 Å². The number of hydrogen-bond donors (Lipinski definition) is 6. The van der Waals surface area contributed by atoms with Gasteiger partial charge in [0, 0.05) is 39.8 Å². The molecule has 0 aliphatic heterocycles. The van der Waals surface area contributed by atoms with Gasteiger partial charge in [-0.1, -0.05) is 98.7 Å². The van der Waals surface area contributed by atoms with Crippen LogP contribution in [-0.2, 0) is 86.3 Å². The van der Waals surface area contributed by atoms with Gasteiger partial charge in [0.25, 0.3) is 5.91 Å². The maximum atomic E-state index is 13.8. The quantitative estimate of drug-likeness (QED) is 0.0246. The van der Waals surface area contributed by atoms with Crippen LogP contribution in [0, 0.1) is 11.3 Å². The minimum Gasteiger partial charge on any atom is -0.445 e.